The highest BCUT2D eigenvalue weighted by Gasteiger charge is 2.10. The fraction of sp³-hybridized carbons (Fsp3) is 0.444. The van der Waals surface area contributed by atoms with E-state index in [1.165, 1.54) is 47.0 Å². The summed E-state index contributed by atoms with van der Waals surface area (Å²) < 4.78 is 2.46. The van der Waals surface area contributed by atoms with Gasteiger partial charge in [-0.15, -0.1) is 6.58 Å². The Hall–Kier alpha value is -1.54. The molecule has 1 aromatic carbocycles. The molecule has 0 unspecified atom stereocenters. The molecular weight excluding hydrogens is 244 g/mol. The van der Waals surface area contributed by atoms with Crippen molar-refractivity contribution in [1.29, 1.82) is 0 Å². The number of nitrogens with zero attached hydrogens (tertiary/aromatic N) is 1. The van der Waals surface area contributed by atoms with Gasteiger partial charge in [-0.1, -0.05) is 18.6 Å². The molecule has 0 saturated heterocycles. The van der Waals surface area contributed by atoms with Crippen LogP contribution in [0.2, 0.25) is 0 Å². The summed E-state index contributed by atoms with van der Waals surface area (Å²) in [5.74, 6) is 0. The SMILES string of the molecule is C=CCCCCCn1c(C)c(C)c2cc(CN)ccc21. The molecule has 108 valence electrons. The molecule has 1 heterocycles. The first-order valence-electron chi connectivity index (χ1n) is 7.58. The summed E-state index contributed by atoms with van der Waals surface area (Å²) in [4.78, 5) is 0. The van der Waals surface area contributed by atoms with E-state index >= 15 is 0 Å². The molecular formula is C18H26N2. The molecule has 0 fully saturated rings. The molecule has 0 bridgehead atoms. The van der Waals surface area contributed by atoms with Crippen LogP contribution in [0.25, 0.3) is 10.9 Å². The Balaban J connectivity index is 2.20. The van der Waals surface area contributed by atoms with Crippen LogP contribution in [0.4, 0.5) is 0 Å². The zero-order chi connectivity index (χ0) is 14.5. The number of allylic oxidation sites excluding steroid dienone is 1. The minimum Gasteiger partial charge on any atom is -0.345 e. The quantitative estimate of drug-likeness (QED) is 0.584. The minimum atomic E-state index is 0.612. The van der Waals surface area contributed by atoms with Gasteiger partial charge in [0.25, 0.3) is 0 Å². The normalized spacial score (nSPS) is 11.2. The van der Waals surface area contributed by atoms with Crippen molar-refractivity contribution >= 4 is 10.9 Å². The number of aromatic nitrogens is 1. The van der Waals surface area contributed by atoms with Gasteiger partial charge in [-0.3, -0.25) is 0 Å². The Bertz CT molecular complexity index is 593. The van der Waals surface area contributed by atoms with Gasteiger partial charge in [-0.2, -0.15) is 0 Å². The number of benzene rings is 1. The zero-order valence-corrected chi connectivity index (χ0v) is 12.8. The smallest absolute Gasteiger partial charge is 0.0485 e. The molecule has 0 aliphatic rings. The first-order valence-corrected chi connectivity index (χ1v) is 7.58. The summed E-state index contributed by atoms with van der Waals surface area (Å²) in [5, 5.41) is 1.36. The molecule has 2 N–H and O–H groups in total. The van der Waals surface area contributed by atoms with Gasteiger partial charge in [0.15, 0.2) is 0 Å². The van der Waals surface area contributed by atoms with Crippen LogP contribution in [-0.4, -0.2) is 4.57 Å². The van der Waals surface area contributed by atoms with Crippen LogP contribution in [0.5, 0.6) is 0 Å². The van der Waals surface area contributed by atoms with Gasteiger partial charge >= 0.3 is 0 Å². The number of aryl methyl sites for hydroxylation is 2. The molecule has 2 nitrogen and oxygen atoms in total. The monoisotopic (exact) mass is 270 g/mol. The van der Waals surface area contributed by atoms with Crippen molar-refractivity contribution in [2.24, 2.45) is 5.73 Å². The van der Waals surface area contributed by atoms with Crippen molar-refractivity contribution in [2.75, 3.05) is 0 Å². The van der Waals surface area contributed by atoms with E-state index < -0.39 is 0 Å². The lowest BCUT2D eigenvalue weighted by molar-refractivity contribution is 0.594. The third-order valence-corrected chi connectivity index (χ3v) is 4.23. The molecule has 2 rings (SSSR count). The Labute approximate surface area is 122 Å². The van der Waals surface area contributed by atoms with E-state index in [9.17, 15) is 0 Å². The number of fused-ring (bicyclic) bond motifs is 1. The number of hydrogen-bond acceptors (Lipinski definition) is 1. The second-order valence-electron chi connectivity index (χ2n) is 5.56. The Kier molecular flexibility index (Phi) is 5.02. The maximum atomic E-state index is 5.75. The standard InChI is InChI=1S/C18H26N2/c1-4-5-6-7-8-11-20-15(3)14(2)17-12-16(13-19)9-10-18(17)20/h4,9-10,12H,1,5-8,11,13,19H2,2-3H3. The van der Waals surface area contributed by atoms with E-state index in [4.69, 9.17) is 5.73 Å². The Morgan fingerprint density at radius 3 is 2.70 bits per heavy atom. The fourth-order valence-corrected chi connectivity index (χ4v) is 2.85. The van der Waals surface area contributed by atoms with E-state index in [0.717, 1.165) is 13.0 Å². The first kappa shape index (κ1) is 14.9. The van der Waals surface area contributed by atoms with Crippen LogP contribution < -0.4 is 5.73 Å². The molecule has 0 atom stereocenters. The summed E-state index contributed by atoms with van der Waals surface area (Å²) in [5.41, 5.74) is 11.1. The number of nitrogens with two attached hydrogens (primary N) is 1. The van der Waals surface area contributed by atoms with Gasteiger partial charge in [0.2, 0.25) is 0 Å². The number of rotatable bonds is 7. The van der Waals surface area contributed by atoms with Crippen molar-refractivity contribution in [3.8, 4) is 0 Å². The van der Waals surface area contributed by atoms with Crippen LogP contribution in [0.1, 0.15) is 42.5 Å². The van der Waals surface area contributed by atoms with E-state index in [2.05, 4.69) is 43.2 Å². The van der Waals surface area contributed by atoms with Gasteiger partial charge in [0, 0.05) is 29.7 Å². The van der Waals surface area contributed by atoms with Gasteiger partial charge in [0.1, 0.15) is 0 Å². The van der Waals surface area contributed by atoms with E-state index in [0.29, 0.717) is 6.54 Å². The molecule has 0 aliphatic carbocycles. The highest BCUT2D eigenvalue weighted by molar-refractivity contribution is 5.86. The second-order valence-corrected chi connectivity index (χ2v) is 5.56. The van der Waals surface area contributed by atoms with Gasteiger partial charge in [-0.25, -0.2) is 0 Å². The lowest BCUT2D eigenvalue weighted by Gasteiger charge is -2.08. The molecule has 0 radical (unpaired) electrons. The summed E-state index contributed by atoms with van der Waals surface area (Å²) in [6, 6.07) is 6.61. The van der Waals surface area contributed by atoms with Gasteiger partial charge in [-0.05, 0) is 56.4 Å². The number of hydrogen-bond donors (Lipinski definition) is 1. The molecule has 0 aliphatic heterocycles. The summed E-state index contributed by atoms with van der Waals surface area (Å²) in [6.07, 6.45) is 6.89. The van der Waals surface area contributed by atoms with Crippen molar-refractivity contribution in [1.82, 2.24) is 4.57 Å². The van der Waals surface area contributed by atoms with E-state index in [1.807, 2.05) is 6.08 Å². The first-order chi connectivity index (χ1) is 9.69. The van der Waals surface area contributed by atoms with Crippen LogP contribution in [0.15, 0.2) is 30.9 Å². The molecule has 0 saturated carbocycles. The molecule has 2 aromatic rings. The van der Waals surface area contributed by atoms with Crippen molar-refractivity contribution in [3.63, 3.8) is 0 Å². The Morgan fingerprint density at radius 1 is 1.20 bits per heavy atom. The molecule has 0 spiro atoms. The van der Waals surface area contributed by atoms with Crippen LogP contribution in [0.3, 0.4) is 0 Å². The minimum absolute atomic E-state index is 0.612. The largest absolute Gasteiger partial charge is 0.345 e. The molecule has 1 aromatic heterocycles. The van der Waals surface area contributed by atoms with E-state index in [-0.39, 0.29) is 0 Å². The highest BCUT2D eigenvalue weighted by atomic mass is 15.0. The molecule has 2 heteroatoms. The third-order valence-electron chi connectivity index (χ3n) is 4.23. The topological polar surface area (TPSA) is 30.9 Å². The summed E-state index contributed by atoms with van der Waals surface area (Å²) in [6.45, 7) is 9.93. The van der Waals surface area contributed by atoms with Gasteiger partial charge in [0.05, 0.1) is 0 Å². The fourth-order valence-electron chi connectivity index (χ4n) is 2.85. The lowest BCUT2D eigenvalue weighted by Crippen LogP contribution is -2.01. The number of unbranched alkanes of at least 4 members (excludes halogenated alkanes) is 3. The average molecular weight is 270 g/mol. The molecule has 0 amide bonds. The Morgan fingerprint density at radius 2 is 2.00 bits per heavy atom. The lowest BCUT2D eigenvalue weighted by atomic mass is 10.1. The van der Waals surface area contributed by atoms with Crippen molar-refractivity contribution < 1.29 is 0 Å². The molecule has 20 heavy (non-hydrogen) atoms. The van der Waals surface area contributed by atoms with Crippen LogP contribution >= 0.6 is 0 Å². The third kappa shape index (κ3) is 2.96. The predicted octanol–water partition coefficient (Wildman–Crippen LogP) is 4.46. The van der Waals surface area contributed by atoms with Crippen molar-refractivity contribution in [2.45, 2.75) is 52.6 Å². The zero-order valence-electron chi connectivity index (χ0n) is 12.8. The average Bonchev–Trinajstić information content (AvgIpc) is 2.71. The van der Waals surface area contributed by atoms with E-state index in [1.54, 1.807) is 0 Å². The van der Waals surface area contributed by atoms with Crippen molar-refractivity contribution in [3.05, 3.63) is 47.7 Å². The van der Waals surface area contributed by atoms with Crippen LogP contribution in [-0.2, 0) is 13.1 Å². The van der Waals surface area contributed by atoms with Gasteiger partial charge < -0.3 is 10.3 Å². The summed E-state index contributed by atoms with van der Waals surface area (Å²) >= 11 is 0. The maximum Gasteiger partial charge on any atom is 0.0485 e. The predicted molar refractivity (Wildman–Crippen MR) is 88.0 cm³/mol. The van der Waals surface area contributed by atoms with Crippen LogP contribution in [0, 0.1) is 13.8 Å². The highest BCUT2D eigenvalue weighted by Crippen LogP contribution is 2.26. The maximum absolute atomic E-state index is 5.75. The second kappa shape index (κ2) is 6.76. The summed E-state index contributed by atoms with van der Waals surface area (Å²) in [7, 11) is 0.